The Morgan fingerprint density at radius 3 is 2.80 bits per heavy atom. The number of nitrogens with zero attached hydrogens (tertiary/aromatic N) is 4. The topological polar surface area (TPSA) is 23.8 Å². The summed E-state index contributed by atoms with van der Waals surface area (Å²) in [6, 6.07) is 0. The molecule has 110 valence electrons. The molecule has 6 heteroatoms. The zero-order valence-electron chi connectivity index (χ0n) is 12.0. The average Bonchev–Trinajstić information content (AvgIpc) is 2.98. The summed E-state index contributed by atoms with van der Waals surface area (Å²) in [6.45, 7) is 3.37. The Balaban J connectivity index is 1.74. The Hall–Kier alpha value is -0.780. The molecule has 0 saturated carbocycles. The summed E-state index contributed by atoms with van der Waals surface area (Å²) >= 11 is 7.81. The zero-order valence-corrected chi connectivity index (χ0v) is 13.6. The standard InChI is InChI=1S/C14H21ClN4S/c1-17(2)10-11-3-5-18(6-4-11)13-12(9-15)19-7-8-20-14(19)16-13/h7-8,11H,3-6,9-10H2,1-2H3. The van der Waals surface area contributed by atoms with Crippen LogP contribution in [0.5, 0.6) is 0 Å². The van der Waals surface area contributed by atoms with Gasteiger partial charge in [0.25, 0.3) is 0 Å². The van der Waals surface area contributed by atoms with E-state index in [-0.39, 0.29) is 0 Å². The molecule has 20 heavy (non-hydrogen) atoms. The van der Waals surface area contributed by atoms with Crippen molar-refractivity contribution in [2.24, 2.45) is 5.92 Å². The third-order valence-electron chi connectivity index (χ3n) is 4.00. The highest BCUT2D eigenvalue weighted by Crippen LogP contribution is 2.29. The number of imidazole rings is 1. The van der Waals surface area contributed by atoms with Crippen LogP contribution in [0.3, 0.4) is 0 Å². The van der Waals surface area contributed by atoms with Crippen LogP contribution in [-0.2, 0) is 5.88 Å². The molecule has 0 N–H and O–H groups in total. The molecule has 0 aromatic carbocycles. The first-order valence-corrected chi connectivity index (χ1v) is 8.50. The number of halogens is 1. The van der Waals surface area contributed by atoms with Gasteiger partial charge < -0.3 is 9.80 Å². The molecule has 0 atom stereocenters. The molecule has 0 aliphatic carbocycles. The van der Waals surface area contributed by atoms with Crippen LogP contribution in [0.1, 0.15) is 18.5 Å². The lowest BCUT2D eigenvalue weighted by Crippen LogP contribution is -2.37. The van der Waals surface area contributed by atoms with E-state index in [0.29, 0.717) is 5.88 Å². The summed E-state index contributed by atoms with van der Waals surface area (Å²) in [7, 11) is 4.31. The van der Waals surface area contributed by atoms with Gasteiger partial charge >= 0.3 is 0 Å². The van der Waals surface area contributed by atoms with Crippen molar-refractivity contribution in [3.05, 3.63) is 17.3 Å². The molecule has 1 aliphatic heterocycles. The van der Waals surface area contributed by atoms with E-state index >= 15 is 0 Å². The first-order chi connectivity index (χ1) is 9.69. The van der Waals surface area contributed by atoms with Crippen molar-refractivity contribution in [1.29, 1.82) is 0 Å². The summed E-state index contributed by atoms with van der Waals surface area (Å²) in [5.74, 6) is 2.42. The van der Waals surface area contributed by atoms with Gasteiger partial charge in [-0.1, -0.05) is 0 Å². The average molecular weight is 313 g/mol. The Morgan fingerprint density at radius 1 is 1.40 bits per heavy atom. The van der Waals surface area contributed by atoms with Crippen LogP contribution in [0.4, 0.5) is 5.82 Å². The van der Waals surface area contributed by atoms with Gasteiger partial charge in [-0.25, -0.2) is 4.98 Å². The highest BCUT2D eigenvalue weighted by atomic mass is 35.5. The number of thiazole rings is 1. The van der Waals surface area contributed by atoms with E-state index in [4.69, 9.17) is 16.6 Å². The lowest BCUT2D eigenvalue weighted by molar-refractivity contribution is 0.284. The van der Waals surface area contributed by atoms with Gasteiger partial charge in [0.2, 0.25) is 0 Å². The fraction of sp³-hybridized carbons (Fsp3) is 0.643. The second-order valence-corrected chi connectivity index (χ2v) is 6.90. The lowest BCUT2D eigenvalue weighted by atomic mass is 9.96. The van der Waals surface area contributed by atoms with E-state index in [0.717, 1.165) is 35.5 Å². The molecule has 3 rings (SSSR count). The van der Waals surface area contributed by atoms with Crippen molar-refractivity contribution in [1.82, 2.24) is 14.3 Å². The van der Waals surface area contributed by atoms with Gasteiger partial charge in [-0.2, -0.15) is 0 Å². The normalized spacial score (nSPS) is 17.5. The third kappa shape index (κ3) is 2.67. The van der Waals surface area contributed by atoms with Gasteiger partial charge in [0.15, 0.2) is 10.8 Å². The molecule has 1 aliphatic rings. The number of hydrogen-bond acceptors (Lipinski definition) is 4. The van der Waals surface area contributed by atoms with Gasteiger partial charge in [0, 0.05) is 31.2 Å². The van der Waals surface area contributed by atoms with E-state index in [1.54, 1.807) is 11.3 Å². The van der Waals surface area contributed by atoms with Crippen LogP contribution < -0.4 is 4.90 Å². The van der Waals surface area contributed by atoms with E-state index in [2.05, 4.69) is 39.9 Å². The van der Waals surface area contributed by atoms with Crippen molar-refractivity contribution in [3.8, 4) is 0 Å². The highest BCUT2D eigenvalue weighted by molar-refractivity contribution is 7.15. The second kappa shape index (κ2) is 5.92. The maximum Gasteiger partial charge on any atom is 0.195 e. The molecular weight excluding hydrogens is 292 g/mol. The number of fused-ring (bicyclic) bond motifs is 1. The quantitative estimate of drug-likeness (QED) is 0.811. The number of anilines is 1. The molecule has 0 bridgehead atoms. The predicted octanol–water partition coefficient (Wildman–Crippen LogP) is 2.91. The summed E-state index contributed by atoms with van der Waals surface area (Å²) in [5.41, 5.74) is 1.13. The molecule has 3 heterocycles. The van der Waals surface area contributed by atoms with Crippen molar-refractivity contribution < 1.29 is 0 Å². The van der Waals surface area contributed by atoms with Crippen molar-refractivity contribution >= 4 is 33.7 Å². The van der Waals surface area contributed by atoms with Crippen LogP contribution in [-0.4, -0.2) is 48.0 Å². The van der Waals surface area contributed by atoms with Gasteiger partial charge in [0.1, 0.15) is 0 Å². The van der Waals surface area contributed by atoms with Crippen LogP contribution in [0.25, 0.3) is 4.96 Å². The molecule has 4 nitrogen and oxygen atoms in total. The van der Waals surface area contributed by atoms with Crippen molar-refractivity contribution in [3.63, 3.8) is 0 Å². The Morgan fingerprint density at radius 2 is 2.15 bits per heavy atom. The SMILES string of the molecule is CN(C)CC1CCN(c2nc3sccn3c2CCl)CC1. The Bertz CT molecular complexity index is 569. The van der Waals surface area contributed by atoms with Crippen LogP contribution >= 0.6 is 22.9 Å². The minimum absolute atomic E-state index is 0.519. The van der Waals surface area contributed by atoms with Crippen LogP contribution in [0, 0.1) is 5.92 Å². The Kier molecular flexibility index (Phi) is 4.19. The number of aromatic nitrogens is 2. The number of hydrogen-bond donors (Lipinski definition) is 0. The minimum Gasteiger partial charge on any atom is -0.355 e. The van der Waals surface area contributed by atoms with Gasteiger partial charge in [-0.3, -0.25) is 4.40 Å². The Labute approximate surface area is 129 Å². The fourth-order valence-corrected chi connectivity index (χ4v) is 4.02. The largest absolute Gasteiger partial charge is 0.355 e. The monoisotopic (exact) mass is 312 g/mol. The highest BCUT2D eigenvalue weighted by Gasteiger charge is 2.24. The summed E-state index contributed by atoms with van der Waals surface area (Å²) < 4.78 is 2.12. The molecule has 1 saturated heterocycles. The number of rotatable bonds is 4. The van der Waals surface area contributed by atoms with Crippen LogP contribution in [0.15, 0.2) is 11.6 Å². The smallest absolute Gasteiger partial charge is 0.195 e. The molecule has 2 aromatic heterocycles. The molecule has 2 aromatic rings. The zero-order chi connectivity index (χ0) is 14.1. The van der Waals surface area contributed by atoms with E-state index < -0.39 is 0 Å². The summed E-state index contributed by atoms with van der Waals surface area (Å²) in [6.07, 6.45) is 4.54. The second-order valence-electron chi connectivity index (χ2n) is 5.76. The lowest BCUT2D eigenvalue weighted by Gasteiger charge is -2.33. The summed E-state index contributed by atoms with van der Waals surface area (Å²) in [4.78, 5) is 10.5. The molecule has 0 unspecified atom stereocenters. The van der Waals surface area contributed by atoms with E-state index in [1.165, 1.54) is 19.4 Å². The maximum atomic E-state index is 6.14. The summed E-state index contributed by atoms with van der Waals surface area (Å²) in [5, 5.41) is 2.06. The molecule has 0 amide bonds. The van der Waals surface area contributed by atoms with E-state index in [1.807, 2.05) is 0 Å². The van der Waals surface area contributed by atoms with Gasteiger partial charge in [-0.15, -0.1) is 22.9 Å². The third-order valence-corrected chi connectivity index (χ3v) is 5.01. The number of alkyl halides is 1. The fourth-order valence-electron chi connectivity index (χ4n) is 3.04. The van der Waals surface area contributed by atoms with Crippen LogP contribution in [0.2, 0.25) is 0 Å². The molecule has 1 fully saturated rings. The molecule has 0 radical (unpaired) electrons. The van der Waals surface area contributed by atoms with Crippen molar-refractivity contribution in [2.75, 3.05) is 38.6 Å². The van der Waals surface area contributed by atoms with Crippen molar-refractivity contribution in [2.45, 2.75) is 18.7 Å². The van der Waals surface area contributed by atoms with Gasteiger partial charge in [-0.05, 0) is 32.9 Å². The van der Waals surface area contributed by atoms with E-state index in [9.17, 15) is 0 Å². The maximum absolute atomic E-state index is 6.14. The predicted molar refractivity (Wildman–Crippen MR) is 86.1 cm³/mol. The molecular formula is C14H21ClN4S. The first kappa shape index (κ1) is 14.2. The van der Waals surface area contributed by atoms with Gasteiger partial charge in [0.05, 0.1) is 11.6 Å². The molecule has 0 spiro atoms. The minimum atomic E-state index is 0.519. The number of piperidine rings is 1. The first-order valence-electron chi connectivity index (χ1n) is 7.09.